The van der Waals surface area contributed by atoms with E-state index in [1.165, 1.54) is 37.0 Å². The van der Waals surface area contributed by atoms with Crippen LogP contribution in [-0.4, -0.2) is 47.7 Å². The van der Waals surface area contributed by atoms with E-state index in [2.05, 4.69) is 112 Å². The van der Waals surface area contributed by atoms with E-state index in [1.807, 2.05) is 0 Å². The van der Waals surface area contributed by atoms with Gasteiger partial charge >= 0.3 is 10.8 Å². The molecule has 0 aromatic rings. The van der Waals surface area contributed by atoms with Crippen LogP contribution >= 0.6 is 45.0 Å². The van der Waals surface area contributed by atoms with Crippen LogP contribution in [0.15, 0.2) is 0 Å². The average molecular weight is 655 g/mol. The minimum absolute atomic E-state index is 0.672. The molecule has 0 nitrogen and oxygen atoms in total. The van der Waals surface area contributed by atoms with Crippen LogP contribution in [0.5, 0.6) is 0 Å². The van der Waals surface area contributed by atoms with Crippen LogP contribution in [0.2, 0.25) is 0 Å². The van der Waals surface area contributed by atoms with E-state index in [0.29, 0.717) is 35.5 Å². The zero-order valence-electron chi connectivity index (χ0n) is 24.1. The molecule has 0 bridgehead atoms. The Hall–Kier alpha value is 3.53. The second-order valence-corrected chi connectivity index (χ2v) is 50.0. The Morgan fingerprint density at radius 3 is 0.676 bits per heavy atom. The molecular formula is C24H54AlP3S6. The molecule has 0 aliphatic carbocycles. The summed E-state index contributed by atoms with van der Waals surface area (Å²) >= 11 is 19.8. The molecule has 34 heavy (non-hydrogen) atoms. The molecule has 204 valence electrons. The van der Waals surface area contributed by atoms with Gasteiger partial charge in [-0.2, -0.15) is 29.2 Å². The van der Waals surface area contributed by atoms with Gasteiger partial charge in [-0.15, -0.1) is 0 Å². The Bertz CT molecular complexity index is 584. The Morgan fingerprint density at radius 2 is 0.559 bits per heavy atom. The monoisotopic (exact) mass is 654 g/mol. The van der Waals surface area contributed by atoms with Crippen molar-refractivity contribution in [3.8, 4) is 0 Å². The van der Waals surface area contributed by atoms with Crippen molar-refractivity contribution in [2.24, 2.45) is 35.5 Å². The summed E-state index contributed by atoms with van der Waals surface area (Å²) in [6, 6.07) is 0. The number of hydrogen-bond acceptors (Lipinski definition) is 6. The fourth-order valence-electron chi connectivity index (χ4n) is 4.35. The predicted octanol–water partition coefficient (Wildman–Crippen LogP) is 11.3. The maximum Gasteiger partial charge on any atom is 0.530 e. The highest BCUT2D eigenvalue weighted by Gasteiger charge is 2.40. The summed E-state index contributed by atoms with van der Waals surface area (Å²) in [6.07, 6.45) is 7.36. The lowest BCUT2D eigenvalue weighted by molar-refractivity contribution is 0.722. The Morgan fingerprint density at radius 1 is 0.412 bits per heavy atom. The summed E-state index contributed by atoms with van der Waals surface area (Å²) in [4.78, 5) is 0. The summed E-state index contributed by atoms with van der Waals surface area (Å²) in [5, 5.41) is -4.45. The van der Waals surface area contributed by atoms with E-state index < -0.39 is 26.5 Å². The minimum Gasteiger partial charge on any atom is -0.192 e. The third-order valence-electron chi connectivity index (χ3n) is 4.69. The molecule has 0 amide bonds. The van der Waals surface area contributed by atoms with E-state index in [9.17, 15) is 0 Å². The van der Waals surface area contributed by atoms with E-state index in [0.717, 1.165) is 0 Å². The van der Waals surface area contributed by atoms with Gasteiger partial charge in [0.15, 0.2) is 0 Å². The highest BCUT2D eigenvalue weighted by Crippen LogP contribution is 2.76. The van der Waals surface area contributed by atoms with Gasteiger partial charge in [0.25, 0.3) is 0 Å². The van der Waals surface area contributed by atoms with Gasteiger partial charge < -0.3 is 0 Å². The van der Waals surface area contributed by atoms with Crippen LogP contribution in [0.1, 0.15) is 83.1 Å². The van der Waals surface area contributed by atoms with Gasteiger partial charge in [0.1, 0.15) is 0 Å². The Labute approximate surface area is 244 Å². The second-order valence-electron chi connectivity index (χ2n) is 12.5. The van der Waals surface area contributed by atoms with Gasteiger partial charge in [-0.3, -0.25) is 0 Å². The largest absolute Gasteiger partial charge is 0.530 e. The number of hydrogen-bond donors (Lipinski definition) is 0. The maximum absolute atomic E-state index is 6.60. The molecule has 0 rings (SSSR count). The van der Waals surface area contributed by atoms with E-state index in [1.54, 1.807) is 0 Å². The Balaban J connectivity index is 6.36. The summed E-state index contributed by atoms with van der Waals surface area (Å²) in [6.45, 7) is 28.4. The summed E-state index contributed by atoms with van der Waals surface area (Å²) < 4.78 is 0. The standard InChI is InChI=1S/3C8H19PS2.Al/c3*1-7(2)5-9(10,11)6-8(3)4;/h3*7-8H,5-6H2,1-4H3,(H,10,11);/q;;;+3/p-3. The lowest BCUT2D eigenvalue weighted by Crippen LogP contribution is -2.12. The first kappa shape index (κ1) is 37.5. The maximum atomic E-state index is 6.60. The Kier molecular flexibility index (Phi) is 19.2. The number of rotatable bonds is 18. The molecule has 0 atom stereocenters. The van der Waals surface area contributed by atoms with Crippen molar-refractivity contribution in [2.45, 2.75) is 83.1 Å². The smallest absolute Gasteiger partial charge is 0.192 e. The predicted molar refractivity (Wildman–Crippen MR) is 190 cm³/mol. The molecule has 0 aliphatic rings. The second kappa shape index (κ2) is 17.4. The summed E-state index contributed by atoms with van der Waals surface area (Å²) in [7, 11) is 5.60. The average Bonchev–Trinajstić information content (AvgIpc) is 2.47. The van der Waals surface area contributed by atoms with Gasteiger partial charge in [0.2, 0.25) is 0 Å². The topological polar surface area (TPSA) is 0 Å². The lowest BCUT2D eigenvalue weighted by atomic mass is 10.3. The lowest BCUT2D eigenvalue weighted by Gasteiger charge is -2.35. The van der Waals surface area contributed by atoms with Crippen LogP contribution in [0.4, 0.5) is 0 Å². The molecule has 0 fully saturated rings. The van der Waals surface area contributed by atoms with Crippen molar-refractivity contribution >= 4 is 91.1 Å². The van der Waals surface area contributed by atoms with Gasteiger partial charge in [0, 0.05) is 0 Å². The molecular weight excluding hydrogens is 601 g/mol. The molecule has 0 saturated carbocycles. The quantitative estimate of drug-likeness (QED) is 0.106. The molecule has 10 heteroatoms. The molecule has 0 N–H and O–H groups in total. The molecule has 0 heterocycles. The van der Waals surface area contributed by atoms with Crippen LogP contribution in [0.3, 0.4) is 0 Å². The molecule has 0 saturated heterocycles. The molecule has 0 unspecified atom stereocenters. The summed E-state index contributed by atoms with van der Waals surface area (Å²) in [5.41, 5.74) is 0. The van der Waals surface area contributed by atoms with Crippen molar-refractivity contribution in [3.05, 3.63) is 0 Å². The van der Waals surface area contributed by atoms with Gasteiger partial charge in [-0.05, 0) is 88.2 Å². The summed E-state index contributed by atoms with van der Waals surface area (Å²) in [5.74, 6) is 4.03. The van der Waals surface area contributed by atoms with Gasteiger partial charge in [0.05, 0.1) is 0 Å². The van der Waals surface area contributed by atoms with Crippen molar-refractivity contribution in [1.29, 1.82) is 0 Å². The first-order chi connectivity index (χ1) is 15.3. The molecule has 0 aromatic carbocycles. The first-order valence-corrected chi connectivity index (χ1v) is 31.3. The zero-order chi connectivity index (χ0) is 26.9. The fraction of sp³-hybridized carbons (Fsp3) is 1.00. The van der Waals surface area contributed by atoms with Crippen LogP contribution in [0, 0.1) is 35.5 Å². The minimum atomic E-state index is -1.48. The molecule has 0 spiro atoms. The molecule has 0 aromatic heterocycles. The third kappa shape index (κ3) is 18.0. The van der Waals surface area contributed by atoms with E-state index >= 15 is 0 Å². The van der Waals surface area contributed by atoms with Crippen LogP contribution in [0.25, 0.3) is 0 Å². The van der Waals surface area contributed by atoms with Crippen LogP contribution in [-0.2, 0) is 35.4 Å². The van der Waals surface area contributed by atoms with Crippen LogP contribution < -0.4 is 0 Å². The van der Waals surface area contributed by atoms with Gasteiger partial charge in [-0.1, -0.05) is 119 Å². The van der Waals surface area contributed by atoms with Crippen molar-refractivity contribution in [2.75, 3.05) is 37.0 Å². The van der Waals surface area contributed by atoms with Crippen molar-refractivity contribution in [1.82, 2.24) is 0 Å². The fourth-order valence-corrected chi connectivity index (χ4v) is 97.6. The van der Waals surface area contributed by atoms with Crippen molar-refractivity contribution < 1.29 is 0 Å². The normalized spacial score (nSPS) is 13.9. The van der Waals surface area contributed by atoms with Gasteiger partial charge in [-0.25, -0.2) is 0 Å². The van der Waals surface area contributed by atoms with E-state index in [4.69, 9.17) is 35.4 Å². The third-order valence-corrected chi connectivity index (χ3v) is 60.4. The highest BCUT2D eigenvalue weighted by atomic mass is 33.2. The zero-order valence-corrected chi connectivity index (χ0v) is 32.8. The molecule has 0 radical (unpaired) electrons. The highest BCUT2D eigenvalue weighted by molar-refractivity contribution is 9.12. The molecule has 0 aliphatic heterocycles. The van der Waals surface area contributed by atoms with E-state index in [-0.39, 0.29) is 0 Å². The first-order valence-electron chi connectivity index (χ1n) is 13.1. The SMILES string of the molecule is CC(C)CP(=S)(CC(C)C)[S][Al]([S]P(=S)(CC(C)C)CC(C)C)[S]P(=S)(CC(C)C)CC(C)C. The van der Waals surface area contributed by atoms with Crippen molar-refractivity contribution in [3.63, 3.8) is 0 Å².